The molecule has 5 heteroatoms. The van der Waals surface area contributed by atoms with Gasteiger partial charge >= 0.3 is 0 Å². The third kappa shape index (κ3) is 3.52. The van der Waals surface area contributed by atoms with Gasteiger partial charge in [-0.1, -0.05) is 41.4 Å². The molecule has 0 bridgehead atoms. The van der Waals surface area contributed by atoms with Crippen LogP contribution in [0.2, 0.25) is 5.02 Å². The van der Waals surface area contributed by atoms with Crippen LogP contribution in [0.3, 0.4) is 0 Å². The molecule has 2 rings (SSSR count). The van der Waals surface area contributed by atoms with Crippen molar-refractivity contribution in [3.63, 3.8) is 0 Å². The van der Waals surface area contributed by atoms with Crippen molar-refractivity contribution in [2.24, 2.45) is 0 Å². The van der Waals surface area contributed by atoms with Crippen LogP contribution >= 0.6 is 11.6 Å². The van der Waals surface area contributed by atoms with E-state index in [0.29, 0.717) is 10.6 Å². The zero-order valence-corrected chi connectivity index (χ0v) is 12.8. The summed E-state index contributed by atoms with van der Waals surface area (Å²) in [5, 5.41) is 9.72. The normalized spacial score (nSPS) is 12.0. The number of rotatable bonds is 3. The molecule has 2 aromatic rings. The molecule has 0 spiro atoms. The quantitative estimate of drug-likeness (QED) is 0.804. The van der Waals surface area contributed by atoms with Crippen molar-refractivity contribution >= 4 is 27.5 Å². The van der Waals surface area contributed by atoms with Crippen molar-refractivity contribution in [3.8, 4) is 6.07 Å². The molecule has 0 amide bonds. The molecule has 0 N–H and O–H groups in total. The molecule has 2 aromatic carbocycles. The maximum absolute atomic E-state index is 12.4. The third-order valence-electron chi connectivity index (χ3n) is 2.90. The molecule has 0 unspecified atom stereocenters. The molecular weight excluding hydrogens is 306 g/mol. The number of benzene rings is 2. The Labute approximate surface area is 129 Å². The van der Waals surface area contributed by atoms with Gasteiger partial charge in [-0.05, 0) is 42.8 Å². The maximum atomic E-state index is 12.4. The van der Waals surface area contributed by atoms with E-state index in [1.165, 1.54) is 18.2 Å². The number of allylic oxidation sites excluding steroid dienone is 1. The van der Waals surface area contributed by atoms with E-state index in [4.69, 9.17) is 16.9 Å². The summed E-state index contributed by atoms with van der Waals surface area (Å²) in [4.78, 5) is -0.191. The number of hydrogen-bond donors (Lipinski definition) is 0. The van der Waals surface area contributed by atoms with Crippen LogP contribution in [0.15, 0.2) is 58.3 Å². The molecule has 0 heterocycles. The lowest BCUT2D eigenvalue weighted by Crippen LogP contribution is -2.03. The molecule has 0 atom stereocenters. The van der Waals surface area contributed by atoms with Crippen LogP contribution in [0.1, 0.15) is 11.1 Å². The van der Waals surface area contributed by atoms with Crippen molar-refractivity contribution in [3.05, 3.63) is 69.6 Å². The summed E-state index contributed by atoms with van der Waals surface area (Å²) >= 11 is 5.78. The first kappa shape index (κ1) is 15.3. The molecule has 0 aliphatic rings. The van der Waals surface area contributed by atoms with Gasteiger partial charge in [0.2, 0.25) is 9.84 Å². The van der Waals surface area contributed by atoms with Crippen molar-refractivity contribution in [1.29, 1.82) is 5.26 Å². The Morgan fingerprint density at radius 2 is 1.67 bits per heavy atom. The highest BCUT2D eigenvalue weighted by molar-refractivity contribution is 7.95. The van der Waals surface area contributed by atoms with Gasteiger partial charge in [-0.3, -0.25) is 0 Å². The van der Waals surface area contributed by atoms with Crippen LogP contribution < -0.4 is 0 Å². The van der Waals surface area contributed by atoms with Crippen LogP contribution in [0, 0.1) is 18.3 Å². The van der Waals surface area contributed by atoms with Gasteiger partial charge in [-0.2, -0.15) is 5.26 Å². The first-order chi connectivity index (χ1) is 9.93. The van der Waals surface area contributed by atoms with E-state index in [1.54, 1.807) is 42.5 Å². The topological polar surface area (TPSA) is 57.9 Å². The minimum absolute atomic E-state index is 0.106. The second-order valence-corrected chi connectivity index (χ2v) is 6.84. The smallest absolute Gasteiger partial charge is 0.216 e. The van der Waals surface area contributed by atoms with Gasteiger partial charge < -0.3 is 0 Å². The van der Waals surface area contributed by atoms with E-state index in [0.717, 1.165) is 5.56 Å². The summed E-state index contributed by atoms with van der Waals surface area (Å²) in [5.74, 6) is 0. The Morgan fingerprint density at radius 1 is 1.10 bits per heavy atom. The standard InChI is InChI=1S/C16H12ClNO2S/c1-12-2-8-15(9-3-12)21(19,20)16(11-18)10-13-4-6-14(17)7-5-13/h2-10H,1H3/b16-10+. The van der Waals surface area contributed by atoms with Crippen LogP contribution in [-0.2, 0) is 9.84 Å². The number of halogens is 1. The van der Waals surface area contributed by atoms with Gasteiger partial charge in [-0.25, -0.2) is 8.42 Å². The van der Waals surface area contributed by atoms with Gasteiger partial charge in [-0.15, -0.1) is 0 Å². The summed E-state index contributed by atoms with van der Waals surface area (Å²) in [6.45, 7) is 1.87. The van der Waals surface area contributed by atoms with E-state index < -0.39 is 9.84 Å². The molecule has 106 valence electrons. The molecule has 0 aliphatic heterocycles. The molecule has 0 fully saturated rings. The highest BCUT2D eigenvalue weighted by atomic mass is 35.5. The van der Waals surface area contributed by atoms with Gasteiger partial charge in [0.1, 0.15) is 11.0 Å². The highest BCUT2D eigenvalue weighted by Crippen LogP contribution is 2.22. The average Bonchev–Trinajstić information content (AvgIpc) is 2.47. The minimum atomic E-state index is -3.81. The molecule has 0 saturated heterocycles. The molecule has 0 aliphatic carbocycles. The summed E-state index contributed by atoms with van der Waals surface area (Å²) < 4.78 is 24.9. The van der Waals surface area contributed by atoms with Crippen molar-refractivity contribution in [1.82, 2.24) is 0 Å². The number of sulfone groups is 1. The lowest BCUT2D eigenvalue weighted by atomic mass is 10.2. The van der Waals surface area contributed by atoms with Crippen LogP contribution in [0.25, 0.3) is 6.08 Å². The van der Waals surface area contributed by atoms with Crippen LogP contribution in [0.5, 0.6) is 0 Å². The van der Waals surface area contributed by atoms with E-state index in [9.17, 15) is 8.42 Å². The van der Waals surface area contributed by atoms with Gasteiger partial charge in [0.25, 0.3) is 0 Å². The minimum Gasteiger partial charge on any atom is -0.218 e. The van der Waals surface area contributed by atoms with E-state index in [1.807, 2.05) is 6.92 Å². The summed E-state index contributed by atoms with van der Waals surface area (Å²) in [6.07, 6.45) is 1.34. The second kappa shape index (κ2) is 6.13. The van der Waals surface area contributed by atoms with E-state index >= 15 is 0 Å². The SMILES string of the molecule is Cc1ccc(S(=O)(=O)/C(C#N)=C/c2ccc(Cl)cc2)cc1. The molecule has 21 heavy (non-hydrogen) atoms. The molecule has 0 saturated carbocycles. The third-order valence-corrected chi connectivity index (χ3v) is 4.83. The number of nitrogens with zero attached hydrogens (tertiary/aromatic N) is 1. The highest BCUT2D eigenvalue weighted by Gasteiger charge is 2.20. The van der Waals surface area contributed by atoms with Crippen molar-refractivity contribution in [2.75, 3.05) is 0 Å². The van der Waals surface area contributed by atoms with E-state index in [2.05, 4.69) is 0 Å². The first-order valence-corrected chi connectivity index (χ1v) is 7.99. The molecule has 0 radical (unpaired) electrons. The largest absolute Gasteiger partial charge is 0.218 e. The Balaban J connectivity index is 2.47. The maximum Gasteiger partial charge on any atom is 0.216 e. The molecule has 3 nitrogen and oxygen atoms in total. The fraction of sp³-hybridized carbons (Fsp3) is 0.0625. The lowest BCUT2D eigenvalue weighted by molar-refractivity contribution is 0.603. The van der Waals surface area contributed by atoms with Crippen LogP contribution in [0.4, 0.5) is 0 Å². The van der Waals surface area contributed by atoms with Gasteiger partial charge in [0.15, 0.2) is 0 Å². The second-order valence-electron chi connectivity index (χ2n) is 4.49. The predicted octanol–water partition coefficient (Wildman–Crippen LogP) is 3.99. The van der Waals surface area contributed by atoms with E-state index in [-0.39, 0.29) is 9.80 Å². The summed E-state index contributed by atoms with van der Waals surface area (Å²) in [5.41, 5.74) is 1.56. The lowest BCUT2D eigenvalue weighted by Gasteiger charge is -2.04. The molecular formula is C16H12ClNO2S. The summed E-state index contributed by atoms with van der Waals surface area (Å²) in [6, 6.07) is 14.7. The number of hydrogen-bond acceptors (Lipinski definition) is 3. The zero-order chi connectivity index (χ0) is 15.5. The van der Waals surface area contributed by atoms with Crippen LogP contribution in [-0.4, -0.2) is 8.42 Å². The fourth-order valence-corrected chi connectivity index (χ4v) is 3.01. The summed E-state index contributed by atoms with van der Waals surface area (Å²) in [7, 11) is -3.81. The Bertz CT molecular complexity index is 814. The number of aryl methyl sites for hydroxylation is 1. The van der Waals surface area contributed by atoms with Gasteiger partial charge in [0, 0.05) is 5.02 Å². The molecule has 0 aromatic heterocycles. The van der Waals surface area contributed by atoms with Crippen molar-refractivity contribution < 1.29 is 8.42 Å². The zero-order valence-electron chi connectivity index (χ0n) is 11.2. The average molecular weight is 318 g/mol. The Morgan fingerprint density at radius 3 is 2.19 bits per heavy atom. The van der Waals surface area contributed by atoms with Crippen molar-refractivity contribution in [2.45, 2.75) is 11.8 Å². The predicted molar refractivity (Wildman–Crippen MR) is 83.4 cm³/mol. The Hall–Kier alpha value is -2.09. The monoisotopic (exact) mass is 317 g/mol. The van der Waals surface area contributed by atoms with Gasteiger partial charge in [0.05, 0.1) is 4.90 Å². The first-order valence-electron chi connectivity index (χ1n) is 6.12. The Kier molecular flexibility index (Phi) is 4.46. The fourth-order valence-electron chi connectivity index (χ4n) is 1.72. The number of nitriles is 1.